The maximum Gasteiger partial charge on any atom is 0.302 e. The van der Waals surface area contributed by atoms with E-state index in [1.54, 1.807) is 6.92 Å². The molecule has 1 saturated heterocycles. The van der Waals surface area contributed by atoms with Gasteiger partial charge in [-0.1, -0.05) is 27.2 Å². The largest absolute Gasteiger partial charge is 0.462 e. The molecule has 0 amide bonds. The normalized spacial score (nSPS) is 57.9. The smallest absolute Gasteiger partial charge is 0.302 e. The van der Waals surface area contributed by atoms with Crippen molar-refractivity contribution in [1.82, 2.24) is 0 Å². The van der Waals surface area contributed by atoms with E-state index in [4.69, 9.17) is 9.47 Å². The van der Waals surface area contributed by atoms with Gasteiger partial charge < -0.3 is 9.47 Å². The molecule has 4 aliphatic carbocycles. The van der Waals surface area contributed by atoms with Gasteiger partial charge in [0.05, 0.1) is 11.7 Å². The summed E-state index contributed by atoms with van der Waals surface area (Å²) in [5, 5.41) is 0. The predicted molar refractivity (Wildman–Crippen MR) is 95.9 cm³/mol. The average Bonchev–Trinajstić information content (AvgIpc) is 3.18. The van der Waals surface area contributed by atoms with Crippen molar-refractivity contribution >= 4 is 5.97 Å². The summed E-state index contributed by atoms with van der Waals surface area (Å²) >= 11 is 0. The van der Waals surface area contributed by atoms with Crippen LogP contribution in [0.3, 0.4) is 0 Å². The molecular formula is C22H34O3. The van der Waals surface area contributed by atoms with Crippen LogP contribution >= 0.6 is 0 Å². The van der Waals surface area contributed by atoms with Gasteiger partial charge in [-0.2, -0.15) is 0 Å². The molecule has 0 radical (unpaired) electrons. The summed E-state index contributed by atoms with van der Waals surface area (Å²) in [6.45, 7) is 11.4. The highest BCUT2D eigenvalue weighted by Crippen LogP contribution is 2.78. The Kier molecular flexibility index (Phi) is 3.08. The predicted octanol–water partition coefficient (Wildman–Crippen LogP) is 4.73. The fourth-order valence-corrected chi connectivity index (χ4v) is 8.69. The number of carbonyl (C=O) groups is 1. The molecule has 0 aromatic carbocycles. The summed E-state index contributed by atoms with van der Waals surface area (Å²) in [7, 11) is 0. The van der Waals surface area contributed by atoms with Gasteiger partial charge in [-0.15, -0.1) is 0 Å². The minimum Gasteiger partial charge on any atom is -0.462 e. The average molecular weight is 347 g/mol. The second-order valence-electron chi connectivity index (χ2n) is 11.1. The van der Waals surface area contributed by atoms with Crippen LogP contribution in [0.1, 0.15) is 79.6 Å². The fourth-order valence-electron chi connectivity index (χ4n) is 8.69. The first-order valence-corrected chi connectivity index (χ1v) is 10.5. The summed E-state index contributed by atoms with van der Waals surface area (Å²) in [5.74, 6) is 1.86. The molecule has 0 N–H and O–H groups in total. The van der Waals surface area contributed by atoms with E-state index >= 15 is 0 Å². The van der Waals surface area contributed by atoms with Crippen molar-refractivity contribution in [2.75, 3.05) is 0 Å². The molecule has 25 heavy (non-hydrogen) atoms. The Morgan fingerprint density at radius 3 is 2.56 bits per heavy atom. The third-order valence-electron chi connectivity index (χ3n) is 9.62. The van der Waals surface area contributed by atoms with Crippen LogP contribution in [-0.2, 0) is 14.3 Å². The lowest BCUT2D eigenvalue weighted by atomic mass is 9.40. The molecule has 1 spiro atoms. The number of epoxide rings is 1. The first-order valence-electron chi connectivity index (χ1n) is 10.5. The van der Waals surface area contributed by atoms with Crippen LogP contribution in [0.15, 0.2) is 0 Å². The molecule has 5 aliphatic rings. The van der Waals surface area contributed by atoms with Gasteiger partial charge in [-0.25, -0.2) is 0 Å². The number of rotatable bonds is 1. The van der Waals surface area contributed by atoms with Crippen LogP contribution in [0.2, 0.25) is 0 Å². The maximum absolute atomic E-state index is 12.0. The van der Waals surface area contributed by atoms with Gasteiger partial charge in [0.1, 0.15) is 6.10 Å². The van der Waals surface area contributed by atoms with E-state index in [1.807, 2.05) is 0 Å². The molecular weight excluding hydrogens is 312 g/mol. The van der Waals surface area contributed by atoms with E-state index in [0.717, 1.165) is 6.42 Å². The second-order valence-corrected chi connectivity index (χ2v) is 11.1. The number of hydrogen-bond donors (Lipinski definition) is 0. The topological polar surface area (TPSA) is 38.8 Å². The molecule has 0 unspecified atom stereocenters. The SMILES string of the molecule is CC(=O)O[C@@H]1C[C@H]2C(C)(C)CCC[C@]2(C)[C@H]2CC[C@H]3C[C@]21[C@@H]1O[C@]31C. The van der Waals surface area contributed by atoms with Crippen LogP contribution in [0.25, 0.3) is 0 Å². The number of carbonyl (C=O) groups excluding carboxylic acids is 1. The summed E-state index contributed by atoms with van der Waals surface area (Å²) in [6.07, 6.45) is 9.25. The van der Waals surface area contributed by atoms with E-state index in [2.05, 4.69) is 27.7 Å². The van der Waals surface area contributed by atoms with Gasteiger partial charge >= 0.3 is 5.97 Å². The molecule has 2 bridgehead atoms. The van der Waals surface area contributed by atoms with Crippen molar-refractivity contribution in [3.05, 3.63) is 0 Å². The van der Waals surface area contributed by atoms with E-state index in [1.165, 1.54) is 38.5 Å². The molecule has 1 heterocycles. The molecule has 0 aromatic heterocycles. The summed E-state index contributed by atoms with van der Waals surface area (Å²) < 4.78 is 12.5. The Hall–Kier alpha value is -0.570. The zero-order chi connectivity index (χ0) is 17.8. The summed E-state index contributed by atoms with van der Waals surface area (Å²) in [6, 6.07) is 0. The first-order chi connectivity index (χ1) is 11.6. The third kappa shape index (κ3) is 1.84. The molecule has 3 nitrogen and oxygen atoms in total. The molecule has 140 valence electrons. The standard InChI is InChI=1S/C22H34O3/c1-13(23)24-17-11-16-19(2,3)9-6-10-20(16,4)15-8-7-14-12-22(15,17)18-21(14,5)25-18/h14-18H,6-12H2,1-5H3/t14-,15+,16-,17+,18+,20+,21+,22-/m0/s1. The highest BCUT2D eigenvalue weighted by atomic mass is 16.6. The number of esters is 1. The lowest BCUT2D eigenvalue weighted by molar-refractivity contribution is -0.224. The van der Waals surface area contributed by atoms with Crippen LogP contribution in [0, 0.1) is 34.0 Å². The maximum atomic E-state index is 12.0. The summed E-state index contributed by atoms with van der Waals surface area (Å²) in [4.78, 5) is 12.0. The minimum atomic E-state index is -0.105. The highest BCUT2D eigenvalue weighted by molar-refractivity contribution is 5.66. The first kappa shape index (κ1) is 16.6. The van der Waals surface area contributed by atoms with E-state index in [-0.39, 0.29) is 23.1 Å². The fraction of sp³-hybridized carbons (Fsp3) is 0.955. The van der Waals surface area contributed by atoms with Gasteiger partial charge in [0.2, 0.25) is 0 Å². The minimum absolute atomic E-state index is 0.0579. The molecule has 8 atom stereocenters. The zero-order valence-corrected chi connectivity index (χ0v) is 16.6. The Labute approximate surface area is 152 Å². The van der Waals surface area contributed by atoms with Gasteiger partial charge in [0.15, 0.2) is 0 Å². The van der Waals surface area contributed by atoms with E-state index in [9.17, 15) is 4.79 Å². The highest BCUT2D eigenvalue weighted by Gasteiger charge is 2.81. The van der Waals surface area contributed by atoms with Gasteiger partial charge in [0.25, 0.3) is 0 Å². The van der Waals surface area contributed by atoms with Crippen molar-refractivity contribution < 1.29 is 14.3 Å². The van der Waals surface area contributed by atoms with Crippen molar-refractivity contribution in [3.8, 4) is 0 Å². The number of ether oxygens (including phenoxy) is 2. The molecule has 1 aliphatic heterocycles. The monoisotopic (exact) mass is 346 g/mol. The molecule has 5 fully saturated rings. The molecule has 0 aromatic rings. The second kappa shape index (κ2) is 4.64. The number of fused-ring (bicyclic) bond motifs is 5. The lowest BCUT2D eigenvalue weighted by Crippen LogP contribution is -2.63. The molecule has 3 heteroatoms. The van der Waals surface area contributed by atoms with Gasteiger partial charge in [-0.05, 0) is 74.0 Å². The van der Waals surface area contributed by atoms with E-state index < -0.39 is 0 Å². The molecule has 4 saturated carbocycles. The summed E-state index contributed by atoms with van der Waals surface area (Å²) in [5.41, 5.74) is 0.874. The Balaban J connectivity index is 1.63. The van der Waals surface area contributed by atoms with E-state index in [0.29, 0.717) is 34.7 Å². The quantitative estimate of drug-likeness (QED) is 0.509. The lowest BCUT2D eigenvalue weighted by Gasteiger charge is -2.65. The van der Waals surface area contributed by atoms with Gasteiger partial charge in [0, 0.05) is 12.3 Å². The Morgan fingerprint density at radius 1 is 1.08 bits per heavy atom. The Bertz CT molecular complexity index is 627. The number of hydrogen-bond acceptors (Lipinski definition) is 3. The van der Waals surface area contributed by atoms with Crippen LogP contribution < -0.4 is 0 Å². The third-order valence-corrected chi connectivity index (χ3v) is 9.62. The van der Waals surface area contributed by atoms with Crippen LogP contribution in [0.4, 0.5) is 0 Å². The van der Waals surface area contributed by atoms with Crippen molar-refractivity contribution in [1.29, 1.82) is 0 Å². The van der Waals surface area contributed by atoms with Crippen molar-refractivity contribution in [2.24, 2.45) is 34.0 Å². The van der Waals surface area contributed by atoms with Crippen molar-refractivity contribution in [2.45, 2.75) is 97.4 Å². The van der Waals surface area contributed by atoms with Gasteiger partial charge in [-0.3, -0.25) is 4.79 Å². The zero-order valence-electron chi connectivity index (χ0n) is 16.6. The Morgan fingerprint density at radius 2 is 1.84 bits per heavy atom. The van der Waals surface area contributed by atoms with Crippen molar-refractivity contribution in [3.63, 3.8) is 0 Å². The van der Waals surface area contributed by atoms with Crippen LogP contribution in [0.5, 0.6) is 0 Å². The molecule has 5 rings (SSSR count). The van der Waals surface area contributed by atoms with Crippen LogP contribution in [-0.4, -0.2) is 23.8 Å².